The maximum absolute atomic E-state index is 5.74. The summed E-state index contributed by atoms with van der Waals surface area (Å²) < 4.78 is 11.4. The molecule has 5 nitrogen and oxygen atoms in total. The fourth-order valence-electron chi connectivity index (χ4n) is 1.55. The summed E-state index contributed by atoms with van der Waals surface area (Å²) in [6, 6.07) is 3.83. The first-order valence-electron chi connectivity index (χ1n) is 6.06. The van der Waals surface area contributed by atoms with Crippen LogP contribution < -0.4 is 20.5 Å². The van der Waals surface area contributed by atoms with Gasteiger partial charge in [0.2, 0.25) is 0 Å². The smallest absolute Gasteiger partial charge is 0.188 e. The molecule has 0 amide bonds. The Balaban J connectivity index is 0.00000361. The summed E-state index contributed by atoms with van der Waals surface area (Å²) in [4.78, 5) is 4.27. The summed E-state index contributed by atoms with van der Waals surface area (Å²) in [6.07, 6.45) is 1.01. The van der Waals surface area contributed by atoms with E-state index in [0.717, 1.165) is 23.0 Å². The minimum absolute atomic E-state index is 0. The van der Waals surface area contributed by atoms with Crippen molar-refractivity contribution < 1.29 is 9.47 Å². The molecule has 1 rings (SSSR count). The van der Waals surface area contributed by atoms with E-state index in [4.69, 9.17) is 15.2 Å². The van der Waals surface area contributed by atoms with Crippen LogP contribution in [-0.4, -0.2) is 26.7 Å². The predicted octanol–water partition coefficient (Wildman–Crippen LogP) is 2.90. The van der Waals surface area contributed by atoms with Gasteiger partial charge in [-0.2, -0.15) is 0 Å². The highest BCUT2D eigenvalue weighted by Crippen LogP contribution is 2.36. The molecule has 0 aliphatic rings. The van der Waals surface area contributed by atoms with Crippen molar-refractivity contribution in [2.45, 2.75) is 19.9 Å². The van der Waals surface area contributed by atoms with Crippen LogP contribution >= 0.6 is 39.9 Å². The van der Waals surface area contributed by atoms with E-state index in [0.29, 0.717) is 24.0 Å². The molecule has 1 aromatic carbocycles. The van der Waals surface area contributed by atoms with Crippen LogP contribution in [0.2, 0.25) is 0 Å². The SMILES string of the molecule is CCCNC(N)=NCc1cc(Br)c(OC)c(OC)c1.I. The van der Waals surface area contributed by atoms with Gasteiger partial charge in [-0.1, -0.05) is 6.92 Å². The predicted molar refractivity (Wildman–Crippen MR) is 96.3 cm³/mol. The van der Waals surface area contributed by atoms with Crippen LogP contribution in [0, 0.1) is 0 Å². The fraction of sp³-hybridized carbons (Fsp3) is 0.462. The van der Waals surface area contributed by atoms with Crippen molar-refractivity contribution in [2.75, 3.05) is 20.8 Å². The second kappa shape index (κ2) is 10.1. The van der Waals surface area contributed by atoms with Crippen molar-refractivity contribution in [3.8, 4) is 11.5 Å². The second-order valence-electron chi connectivity index (χ2n) is 3.94. The van der Waals surface area contributed by atoms with E-state index in [9.17, 15) is 0 Å². The first-order chi connectivity index (χ1) is 9.12. The molecule has 0 bridgehead atoms. The van der Waals surface area contributed by atoms with Gasteiger partial charge in [0.05, 0.1) is 25.2 Å². The molecule has 0 aliphatic carbocycles. The molecule has 114 valence electrons. The summed E-state index contributed by atoms with van der Waals surface area (Å²) in [5, 5.41) is 3.03. The number of nitrogens with zero attached hydrogens (tertiary/aromatic N) is 1. The average Bonchev–Trinajstić information content (AvgIpc) is 2.42. The largest absolute Gasteiger partial charge is 0.493 e. The summed E-state index contributed by atoms with van der Waals surface area (Å²) in [6.45, 7) is 3.39. The molecular weight excluding hydrogens is 437 g/mol. The second-order valence-corrected chi connectivity index (χ2v) is 4.80. The van der Waals surface area contributed by atoms with Gasteiger partial charge in [-0.25, -0.2) is 4.99 Å². The van der Waals surface area contributed by atoms with Gasteiger partial charge < -0.3 is 20.5 Å². The number of halogens is 2. The lowest BCUT2D eigenvalue weighted by Crippen LogP contribution is -2.32. The number of ether oxygens (including phenoxy) is 2. The molecule has 0 saturated heterocycles. The van der Waals surface area contributed by atoms with Crippen LogP contribution in [0.25, 0.3) is 0 Å². The molecule has 0 aliphatic heterocycles. The van der Waals surface area contributed by atoms with Gasteiger partial charge in [0, 0.05) is 6.54 Å². The highest BCUT2D eigenvalue weighted by Gasteiger charge is 2.10. The van der Waals surface area contributed by atoms with E-state index in [1.54, 1.807) is 14.2 Å². The van der Waals surface area contributed by atoms with Crippen molar-refractivity contribution in [1.29, 1.82) is 0 Å². The maximum Gasteiger partial charge on any atom is 0.188 e. The Labute approximate surface area is 145 Å². The Morgan fingerprint density at radius 1 is 1.35 bits per heavy atom. The Kier molecular flexibility index (Phi) is 9.74. The highest BCUT2D eigenvalue weighted by molar-refractivity contribution is 14.0. The molecule has 3 N–H and O–H groups in total. The molecule has 20 heavy (non-hydrogen) atoms. The minimum atomic E-state index is 0. The Bertz CT molecular complexity index is 455. The number of rotatable bonds is 6. The summed E-state index contributed by atoms with van der Waals surface area (Å²) >= 11 is 3.45. The number of nitrogens with two attached hydrogens (primary N) is 1. The van der Waals surface area contributed by atoms with E-state index < -0.39 is 0 Å². The van der Waals surface area contributed by atoms with Crippen molar-refractivity contribution in [2.24, 2.45) is 10.7 Å². The zero-order valence-corrected chi connectivity index (χ0v) is 15.8. The lowest BCUT2D eigenvalue weighted by Gasteiger charge is -2.11. The van der Waals surface area contributed by atoms with Crippen molar-refractivity contribution in [1.82, 2.24) is 5.32 Å². The number of benzene rings is 1. The lowest BCUT2D eigenvalue weighted by atomic mass is 10.2. The van der Waals surface area contributed by atoms with Crippen LogP contribution in [0.1, 0.15) is 18.9 Å². The zero-order valence-electron chi connectivity index (χ0n) is 11.9. The van der Waals surface area contributed by atoms with Crippen LogP contribution in [0.4, 0.5) is 0 Å². The topological polar surface area (TPSA) is 68.9 Å². The standard InChI is InChI=1S/C13H20BrN3O2.HI/c1-4-5-16-13(15)17-8-9-6-10(14)12(19-3)11(7-9)18-2;/h6-7H,4-5,8H2,1-3H3,(H3,15,16,17);1H. The summed E-state index contributed by atoms with van der Waals surface area (Å²) in [5.41, 5.74) is 6.73. The van der Waals surface area contributed by atoms with Crippen molar-refractivity contribution >= 4 is 45.9 Å². The fourth-order valence-corrected chi connectivity index (χ4v) is 2.20. The monoisotopic (exact) mass is 457 g/mol. The zero-order chi connectivity index (χ0) is 14.3. The molecule has 0 spiro atoms. The van der Waals surface area contributed by atoms with E-state index >= 15 is 0 Å². The van der Waals surface area contributed by atoms with Crippen LogP contribution in [0.5, 0.6) is 11.5 Å². The molecule has 0 aromatic heterocycles. The summed E-state index contributed by atoms with van der Waals surface area (Å²) in [7, 11) is 3.21. The Morgan fingerprint density at radius 3 is 2.60 bits per heavy atom. The first-order valence-corrected chi connectivity index (χ1v) is 6.85. The average molecular weight is 458 g/mol. The Hall–Kier alpha value is -0.700. The van der Waals surface area contributed by atoms with E-state index in [2.05, 4.69) is 33.2 Å². The van der Waals surface area contributed by atoms with Gasteiger partial charge in [0.1, 0.15) is 0 Å². The van der Waals surface area contributed by atoms with Gasteiger partial charge in [-0.3, -0.25) is 0 Å². The molecule has 7 heteroatoms. The third-order valence-electron chi connectivity index (χ3n) is 2.48. The molecule has 0 heterocycles. The van der Waals surface area contributed by atoms with Gasteiger partial charge in [-0.15, -0.1) is 24.0 Å². The van der Waals surface area contributed by atoms with Crippen molar-refractivity contribution in [3.05, 3.63) is 22.2 Å². The van der Waals surface area contributed by atoms with E-state index in [1.807, 2.05) is 12.1 Å². The number of guanidine groups is 1. The van der Waals surface area contributed by atoms with Gasteiger partial charge in [0.25, 0.3) is 0 Å². The van der Waals surface area contributed by atoms with Crippen LogP contribution in [-0.2, 0) is 6.54 Å². The van der Waals surface area contributed by atoms with Crippen LogP contribution in [0.15, 0.2) is 21.6 Å². The molecule has 0 unspecified atom stereocenters. The minimum Gasteiger partial charge on any atom is -0.493 e. The van der Waals surface area contributed by atoms with Gasteiger partial charge in [-0.05, 0) is 40.0 Å². The molecule has 0 fully saturated rings. The molecule has 0 saturated carbocycles. The quantitative estimate of drug-likeness (QED) is 0.391. The van der Waals surface area contributed by atoms with E-state index in [-0.39, 0.29) is 24.0 Å². The summed E-state index contributed by atoms with van der Waals surface area (Å²) in [5.74, 6) is 1.79. The number of hydrogen-bond acceptors (Lipinski definition) is 3. The number of hydrogen-bond donors (Lipinski definition) is 2. The van der Waals surface area contributed by atoms with Gasteiger partial charge in [0.15, 0.2) is 17.5 Å². The van der Waals surface area contributed by atoms with Gasteiger partial charge >= 0.3 is 0 Å². The third kappa shape index (κ3) is 5.74. The normalized spacial score (nSPS) is 10.7. The maximum atomic E-state index is 5.74. The van der Waals surface area contributed by atoms with Crippen molar-refractivity contribution in [3.63, 3.8) is 0 Å². The third-order valence-corrected chi connectivity index (χ3v) is 3.07. The molecule has 1 aromatic rings. The van der Waals surface area contributed by atoms with Crippen LogP contribution in [0.3, 0.4) is 0 Å². The number of aliphatic imine (C=N–C) groups is 1. The molecule has 0 atom stereocenters. The first kappa shape index (κ1) is 19.3. The van der Waals surface area contributed by atoms with E-state index in [1.165, 1.54) is 0 Å². The number of methoxy groups -OCH3 is 2. The Morgan fingerprint density at radius 2 is 2.05 bits per heavy atom. The molecular formula is C13H21BrIN3O2. The highest BCUT2D eigenvalue weighted by atomic mass is 127. The number of nitrogens with one attached hydrogen (secondary N) is 1. The lowest BCUT2D eigenvalue weighted by molar-refractivity contribution is 0.352. The molecule has 0 radical (unpaired) electrons.